The molecule has 1 aliphatic heterocycles. The van der Waals surface area contributed by atoms with Crippen LogP contribution in [0.4, 0.5) is 5.82 Å². The first kappa shape index (κ1) is 12.8. The summed E-state index contributed by atoms with van der Waals surface area (Å²) in [7, 11) is 0. The lowest BCUT2D eigenvalue weighted by Crippen LogP contribution is -2.35. The van der Waals surface area contributed by atoms with E-state index in [9.17, 15) is 0 Å². The number of nitrogens with zero attached hydrogens (tertiary/aromatic N) is 3. The quantitative estimate of drug-likeness (QED) is 0.833. The third-order valence-electron chi connectivity index (χ3n) is 4.21. The fourth-order valence-electron chi connectivity index (χ4n) is 2.94. The summed E-state index contributed by atoms with van der Waals surface area (Å²) in [5.41, 5.74) is 6.97. The van der Waals surface area contributed by atoms with Crippen LogP contribution >= 0.6 is 0 Å². The van der Waals surface area contributed by atoms with Crippen molar-refractivity contribution in [1.82, 2.24) is 14.9 Å². The lowest BCUT2D eigenvalue weighted by Gasteiger charge is -2.31. The van der Waals surface area contributed by atoms with Crippen molar-refractivity contribution in [3.05, 3.63) is 18.1 Å². The molecule has 1 saturated carbocycles. The molecule has 19 heavy (non-hydrogen) atoms. The maximum atomic E-state index is 5.83. The highest BCUT2D eigenvalue weighted by Crippen LogP contribution is 2.34. The van der Waals surface area contributed by atoms with Crippen molar-refractivity contribution in [2.75, 3.05) is 31.5 Å². The molecule has 2 aliphatic rings. The summed E-state index contributed by atoms with van der Waals surface area (Å²) in [6.45, 7) is 4.56. The third kappa shape index (κ3) is 3.22. The van der Waals surface area contributed by atoms with Gasteiger partial charge in [-0.25, -0.2) is 9.97 Å². The van der Waals surface area contributed by atoms with E-state index in [-0.39, 0.29) is 0 Å². The maximum absolute atomic E-state index is 5.83. The number of rotatable bonds is 5. The predicted octanol–water partition coefficient (Wildman–Crippen LogP) is 1.19. The maximum Gasteiger partial charge on any atom is 0.129 e. The molecule has 2 heterocycles. The van der Waals surface area contributed by atoms with Gasteiger partial charge in [0.25, 0.3) is 0 Å². The van der Waals surface area contributed by atoms with Gasteiger partial charge in [-0.3, -0.25) is 0 Å². The SMILES string of the molecule is NC1CC(c2cc(NCCN3CCCC3)ncn2)C1. The average Bonchev–Trinajstić information content (AvgIpc) is 2.89. The van der Waals surface area contributed by atoms with E-state index in [0.29, 0.717) is 12.0 Å². The van der Waals surface area contributed by atoms with E-state index in [0.717, 1.165) is 37.4 Å². The van der Waals surface area contributed by atoms with Crippen LogP contribution in [-0.2, 0) is 0 Å². The number of nitrogens with one attached hydrogen (secondary N) is 1. The number of hydrogen-bond acceptors (Lipinski definition) is 5. The second-order valence-electron chi connectivity index (χ2n) is 5.73. The Kier molecular flexibility index (Phi) is 3.94. The largest absolute Gasteiger partial charge is 0.369 e. The molecule has 5 heteroatoms. The smallest absolute Gasteiger partial charge is 0.129 e. The van der Waals surface area contributed by atoms with Gasteiger partial charge in [0.2, 0.25) is 0 Å². The van der Waals surface area contributed by atoms with Crippen molar-refractivity contribution in [1.29, 1.82) is 0 Å². The van der Waals surface area contributed by atoms with Crippen LogP contribution in [0.1, 0.15) is 37.3 Å². The Morgan fingerprint density at radius 1 is 1.26 bits per heavy atom. The Morgan fingerprint density at radius 2 is 2.05 bits per heavy atom. The summed E-state index contributed by atoms with van der Waals surface area (Å²) in [6.07, 6.45) is 6.48. The lowest BCUT2D eigenvalue weighted by atomic mass is 9.79. The van der Waals surface area contributed by atoms with Crippen molar-refractivity contribution in [2.45, 2.75) is 37.6 Å². The van der Waals surface area contributed by atoms with Crippen LogP contribution in [0.25, 0.3) is 0 Å². The summed E-state index contributed by atoms with van der Waals surface area (Å²) < 4.78 is 0. The molecule has 3 rings (SSSR count). The predicted molar refractivity (Wildman–Crippen MR) is 76.1 cm³/mol. The number of anilines is 1. The molecule has 2 fully saturated rings. The van der Waals surface area contributed by atoms with Crippen LogP contribution in [0.5, 0.6) is 0 Å². The summed E-state index contributed by atoms with van der Waals surface area (Å²) in [5.74, 6) is 1.49. The minimum Gasteiger partial charge on any atom is -0.369 e. The minimum atomic E-state index is 0.367. The van der Waals surface area contributed by atoms with Gasteiger partial charge in [-0.2, -0.15) is 0 Å². The second kappa shape index (κ2) is 5.84. The normalized spacial score (nSPS) is 27.2. The van der Waals surface area contributed by atoms with E-state index in [1.54, 1.807) is 6.33 Å². The van der Waals surface area contributed by atoms with Gasteiger partial charge in [0.05, 0.1) is 0 Å². The number of nitrogens with two attached hydrogens (primary N) is 1. The Bertz CT molecular complexity index is 410. The first-order chi connectivity index (χ1) is 9.31. The molecule has 0 unspecified atom stereocenters. The highest BCUT2D eigenvalue weighted by Gasteiger charge is 2.28. The second-order valence-corrected chi connectivity index (χ2v) is 5.73. The van der Waals surface area contributed by atoms with Gasteiger partial charge in [-0.15, -0.1) is 0 Å². The molecule has 0 amide bonds. The molecule has 5 nitrogen and oxygen atoms in total. The summed E-state index contributed by atoms with van der Waals surface area (Å²) in [5, 5.41) is 3.40. The van der Waals surface area contributed by atoms with Crippen LogP contribution in [0, 0.1) is 0 Å². The number of likely N-dealkylation sites (tertiary alicyclic amines) is 1. The highest BCUT2D eigenvalue weighted by atomic mass is 15.2. The molecule has 0 bridgehead atoms. The summed E-state index contributed by atoms with van der Waals surface area (Å²) in [4.78, 5) is 11.2. The van der Waals surface area contributed by atoms with Crippen LogP contribution in [0.3, 0.4) is 0 Å². The van der Waals surface area contributed by atoms with E-state index in [1.165, 1.54) is 25.9 Å². The van der Waals surface area contributed by atoms with Crippen molar-refractivity contribution < 1.29 is 0 Å². The molecule has 1 saturated heterocycles. The molecular weight excluding hydrogens is 238 g/mol. The molecule has 0 radical (unpaired) electrons. The molecule has 1 aliphatic carbocycles. The number of aromatic nitrogens is 2. The van der Waals surface area contributed by atoms with E-state index >= 15 is 0 Å². The third-order valence-corrected chi connectivity index (χ3v) is 4.21. The van der Waals surface area contributed by atoms with Crippen molar-refractivity contribution in [3.63, 3.8) is 0 Å². The number of hydrogen-bond donors (Lipinski definition) is 2. The Morgan fingerprint density at radius 3 is 2.79 bits per heavy atom. The van der Waals surface area contributed by atoms with Gasteiger partial charge in [0, 0.05) is 36.8 Å². The molecule has 0 atom stereocenters. The zero-order chi connectivity index (χ0) is 13.1. The molecular formula is C14H23N5. The van der Waals surface area contributed by atoms with Crippen molar-refractivity contribution >= 4 is 5.82 Å². The topological polar surface area (TPSA) is 67.1 Å². The summed E-state index contributed by atoms with van der Waals surface area (Å²) >= 11 is 0. The molecule has 1 aromatic heterocycles. The first-order valence-electron chi connectivity index (χ1n) is 7.35. The molecule has 1 aromatic rings. The minimum absolute atomic E-state index is 0.367. The summed E-state index contributed by atoms with van der Waals surface area (Å²) in [6, 6.07) is 2.45. The monoisotopic (exact) mass is 261 g/mol. The Balaban J connectivity index is 1.48. The van der Waals surface area contributed by atoms with Crippen LogP contribution in [-0.4, -0.2) is 47.1 Å². The van der Waals surface area contributed by atoms with Gasteiger partial charge >= 0.3 is 0 Å². The average molecular weight is 261 g/mol. The zero-order valence-electron chi connectivity index (χ0n) is 11.4. The zero-order valence-corrected chi connectivity index (χ0v) is 11.4. The van der Waals surface area contributed by atoms with Gasteiger partial charge in [0.15, 0.2) is 0 Å². The Hall–Kier alpha value is -1.20. The molecule has 3 N–H and O–H groups in total. The molecule has 0 spiro atoms. The van der Waals surface area contributed by atoms with Crippen molar-refractivity contribution in [2.24, 2.45) is 5.73 Å². The van der Waals surface area contributed by atoms with E-state index in [4.69, 9.17) is 5.73 Å². The van der Waals surface area contributed by atoms with Crippen LogP contribution in [0.2, 0.25) is 0 Å². The van der Waals surface area contributed by atoms with Crippen LogP contribution < -0.4 is 11.1 Å². The van der Waals surface area contributed by atoms with Gasteiger partial charge in [-0.1, -0.05) is 0 Å². The molecule has 104 valence electrons. The molecule has 0 aromatic carbocycles. The van der Waals surface area contributed by atoms with Crippen LogP contribution in [0.15, 0.2) is 12.4 Å². The highest BCUT2D eigenvalue weighted by molar-refractivity contribution is 5.36. The van der Waals surface area contributed by atoms with E-state index in [1.807, 2.05) is 0 Å². The fraction of sp³-hybridized carbons (Fsp3) is 0.714. The Labute approximate surface area is 114 Å². The van der Waals surface area contributed by atoms with E-state index < -0.39 is 0 Å². The fourth-order valence-corrected chi connectivity index (χ4v) is 2.94. The van der Waals surface area contributed by atoms with E-state index in [2.05, 4.69) is 26.3 Å². The van der Waals surface area contributed by atoms with Gasteiger partial charge < -0.3 is 16.0 Å². The first-order valence-corrected chi connectivity index (χ1v) is 7.35. The van der Waals surface area contributed by atoms with Gasteiger partial charge in [0.1, 0.15) is 12.1 Å². The van der Waals surface area contributed by atoms with Gasteiger partial charge in [-0.05, 0) is 38.8 Å². The lowest BCUT2D eigenvalue weighted by molar-refractivity contribution is 0.345. The standard InChI is InChI=1S/C14H23N5/c15-12-7-11(8-12)13-9-14(18-10-17-13)16-3-6-19-4-1-2-5-19/h9-12H,1-8,15H2,(H,16,17,18). The van der Waals surface area contributed by atoms with Crippen molar-refractivity contribution in [3.8, 4) is 0 Å².